The molecule has 0 spiro atoms. The Bertz CT molecular complexity index is 979. The Balaban J connectivity index is 2.08. The third-order valence-corrected chi connectivity index (χ3v) is 4.03. The van der Waals surface area contributed by atoms with Gasteiger partial charge in [-0.1, -0.05) is 17.7 Å². The second kappa shape index (κ2) is 6.09. The molecule has 0 aliphatic rings. The lowest BCUT2D eigenvalue weighted by Gasteiger charge is -2.08. The summed E-state index contributed by atoms with van der Waals surface area (Å²) in [6.45, 7) is 3.22. The van der Waals surface area contributed by atoms with Crippen LogP contribution in [0.5, 0.6) is 0 Å². The van der Waals surface area contributed by atoms with Crippen LogP contribution in [0.4, 0.5) is 10.1 Å². The summed E-state index contributed by atoms with van der Waals surface area (Å²) < 4.78 is 14.9. The Morgan fingerprint density at radius 3 is 2.62 bits per heavy atom. The number of benzene rings is 2. The van der Waals surface area contributed by atoms with Gasteiger partial charge in [-0.2, -0.15) is 0 Å². The van der Waals surface area contributed by atoms with E-state index in [9.17, 15) is 14.0 Å². The van der Waals surface area contributed by atoms with Gasteiger partial charge in [0, 0.05) is 29.2 Å². The van der Waals surface area contributed by atoms with Gasteiger partial charge in [0.2, 0.25) is 5.91 Å². The fourth-order valence-electron chi connectivity index (χ4n) is 2.56. The van der Waals surface area contributed by atoms with Crippen molar-refractivity contribution in [3.05, 3.63) is 64.6 Å². The first-order chi connectivity index (χ1) is 11.4. The average Bonchev–Trinajstić information content (AvgIpc) is 2.89. The van der Waals surface area contributed by atoms with Gasteiger partial charge >= 0.3 is 0 Å². The zero-order valence-electron chi connectivity index (χ0n) is 13.1. The van der Waals surface area contributed by atoms with Crippen LogP contribution in [0.3, 0.4) is 0 Å². The molecule has 122 valence electrons. The molecule has 1 heterocycles. The number of carbonyl (C=O) groups excluding carboxylic acids is 2. The number of amides is 1. The van der Waals surface area contributed by atoms with Gasteiger partial charge in [-0.25, -0.2) is 4.39 Å². The van der Waals surface area contributed by atoms with Crippen molar-refractivity contribution in [2.24, 2.45) is 0 Å². The van der Waals surface area contributed by atoms with E-state index < -0.39 is 11.7 Å². The number of hydrogen-bond acceptors (Lipinski definition) is 2. The van der Waals surface area contributed by atoms with E-state index in [1.165, 1.54) is 35.9 Å². The highest BCUT2D eigenvalue weighted by molar-refractivity contribution is 6.31. The molecule has 4 nitrogen and oxygen atoms in total. The topological polar surface area (TPSA) is 51.1 Å². The molecule has 0 aliphatic carbocycles. The summed E-state index contributed by atoms with van der Waals surface area (Å²) in [4.78, 5) is 24.4. The van der Waals surface area contributed by atoms with E-state index >= 15 is 0 Å². The molecule has 1 N–H and O–H groups in total. The summed E-state index contributed by atoms with van der Waals surface area (Å²) in [5.74, 6) is -1.17. The van der Waals surface area contributed by atoms with Crippen molar-refractivity contribution in [1.82, 2.24) is 4.57 Å². The second-order valence-electron chi connectivity index (χ2n) is 5.51. The second-order valence-corrected chi connectivity index (χ2v) is 5.94. The highest BCUT2D eigenvalue weighted by Crippen LogP contribution is 2.25. The molecule has 24 heavy (non-hydrogen) atoms. The maximum absolute atomic E-state index is 13.6. The Morgan fingerprint density at radius 1 is 1.17 bits per heavy atom. The maximum Gasteiger partial charge on any atom is 0.257 e. The summed E-state index contributed by atoms with van der Waals surface area (Å²) in [6.07, 6.45) is 1.42. The summed E-state index contributed by atoms with van der Waals surface area (Å²) >= 11 is 5.96. The zero-order chi connectivity index (χ0) is 17.4. The van der Waals surface area contributed by atoms with Gasteiger partial charge in [-0.05, 0) is 42.8 Å². The average molecular weight is 345 g/mol. The number of aryl methyl sites for hydroxylation is 1. The predicted octanol–water partition coefficient (Wildman–Crippen LogP) is 4.65. The molecule has 3 rings (SSSR count). The molecule has 0 saturated carbocycles. The molecule has 0 unspecified atom stereocenters. The Kier molecular flexibility index (Phi) is 4.11. The number of anilines is 1. The van der Waals surface area contributed by atoms with Crippen LogP contribution < -0.4 is 5.32 Å². The van der Waals surface area contributed by atoms with E-state index in [0.29, 0.717) is 21.6 Å². The number of nitrogens with zero attached hydrogens (tertiary/aromatic N) is 1. The van der Waals surface area contributed by atoms with Gasteiger partial charge in [-0.3, -0.25) is 14.2 Å². The molecule has 0 atom stereocenters. The molecule has 1 amide bonds. The van der Waals surface area contributed by atoms with Gasteiger partial charge in [0.05, 0.1) is 11.1 Å². The Morgan fingerprint density at radius 2 is 1.92 bits per heavy atom. The Hall–Kier alpha value is -2.66. The predicted molar refractivity (Wildman–Crippen MR) is 92.3 cm³/mol. The van der Waals surface area contributed by atoms with E-state index in [0.717, 1.165) is 5.56 Å². The fraction of sp³-hybridized carbons (Fsp3) is 0.111. The van der Waals surface area contributed by atoms with Crippen molar-refractivity contribution < 1.29 is 14.0 Å². The van der Waals surface area contributed by atoms with Crippen molar-refractivity contribution in [3.63, 3.8) is 0 Å². The van der Waals surface area contributed by atoms with Crippen LogP contribution in [0, 0.1) is 12.7 Å². The van der Waals surface area contributed by atoms with E-state index in [4.69, 9.17) is 11.6 Å². The van der Waals surface area contributed by atoms with Gasteiger partial charge in [-0.15, -0.1) is 0 Å². The Labute approximate surface area is 142 Å². The largest absolute Gasteiger partial charge is 0.322 e. The number of halogens is 2. The molecule has 2 aromatic carbocycles. The van der Waals surface area contributed by atoms with Gasteiger partial charge < -0.3 is 5.32 Å². The lowest BCUT2D eigenvalue weighted by atomic mass is 10.1. The molecular weight excluding hydrogens is 331 g/mol. The summed E-state index contributed by atoms with van der Waals surface area (Å²) in [5.41, 5.74) is 2.11. The van der Waals surface area contributed by atoms with Crippen LogP contribution in [0.25, 0.3) is 10.9 Å². The number of rotatable bonds is 2. The number of fused-ring (bicyclic) bond motifs is 1. The summed E-state index contributed by atoms with van der Waals surface area (Å²) in [6, 6.07) is 9.13. The van der Waals surface area contributed by atoms with Crippen LogP contribution in [-0.4, -0.2) is 16.4 Å². The van der Waals surface area contributed by atoms with Crippen LogP contribution >= 0.6 is 11.6 Å². The monoisotopic (exact) mass is 344 g/mol. The number of aromatic nitrogens is 1. The van der Waals surface area contributed by atoms with Crippen LogP contribution in [0.2, 0.25) is 5.02 Å². The van der Waals surface area contributed by atoms with E-state index in [-0.39, 0.29) is 11.5 Å². The maximum atomic E-state index is 13.6. The molecule has 6 heteroatoms. The minimum Gasteiger partial charge on any atom is -0.322 e. The van der Waals surface area contributed by atoms with Gasteiger partial charge in [0.1, 0.15) is 5.82 Å². The van der Waals surface area contributed by atoms with E-state index in [2.05, 4.69) is 5.32 Å². The number of carbonyl (C=O) groups is 2. The van der Waals surface area contributed by atoms with Crippen molar-refractivity contribution in [2.75, 3.05) is 5.32 Å². The normalized spacial score (nSPS) is 10.8. The minimum absolute atomic E-state index is 0.221. The molecule has 1 aromatic heterocycles. The minimum atomic E-state index is -0.475. The van der Waals surface area contributed by atoms with E-state index in [1.54, 1.807) is 18.2 Å². The molecule has 0 radical (unpaired) electrons. The number of nitrogens with one attached hydrogen (secondary N) is 1. The third-order valence-electron chi connectivity index (χ3n) is 3.80. The smallest absolute Gasteiger partial charge is 0.257 e. The first kappa shape index (κ1) is 16.2. The zero-order valence-corrected chi connectivity index (χ0v) is 13.8. The molecule has 0 bridgehead atoms. The van der Waals surface area contributed by atoms with Crippen LogP contribution in [0.1, 0.15) is 27.6 Å². The van der Waals surface area contributed by atoms with Crippen molar-refractivity contribution in [3.8, 4) is 0 Å². The SMILES string of the molecule is CC(=O)n1cc(C(=O)Nc2cc(Cl)ccc2C)c2cc(F)ccc21. The van der Waals surface area contributed by atoms with Gasteiger partial charge in [0.25, 0.3) is 5.91 Å². The van der Waals surface area contributed by atoms with Crippen molar-refractivity contribution in [1.29, 1.82) is 0 Å². The third kappa shape index (κ3) is 2.90. The lowest BCUT2D eigenvalue weighted by molar-refractivity contribution is 0.0941. The highest BCUT2D eigenvalue weighted by Gasteiger charge is 2.18. The molecule has 0 aliphatic heterocycles. The lowest BCUT2D eigenvalue weighted by Crippen LogP contribution is -2.12. The molecule has 0 fully saturated rings. The van der Waals surface area contributed by atoms with Crippen molar-refractivity contribution >= 4 is 40.0 Å². The fourth-order valence-corrected chi connectivity index (χ4v) is 2.73. The molecule has 3 aromatic rings. The van der Waals surface area contributed by atoms with E-state index in [1.807, 2.05) is 6.92 Å². The number of hydrogen-bond donors (Lipinski definition) is 1. The standard InChI is InChI=1S/C18H14ClFN2O2/c1-10-3-4-12(19)7-16(10)21-18(24)15-9-22(11(2)23)17-6-5-13(20)8-14(15)17/h3-9H,1-2H3,(H,21,24). The van der Waals surface area contributed by atoms with Crippen molar-refractivity contribution in [2.45, 2.75) is 13.8 Å². The first-order valence-corrected chi connectivity index (χ1v) is 7.63. The quantitative estimate of drug-likeness (QED) is 0.735. The molecular formula is C18H14ClFN2O2. The van der Waals surface area contributed by atoms with Crippen LogP contribution in [0.15, 0.2) is 42.6 Å². The molecule has 0 saturated heterocycles. The first-order valence-electron chi connectivity index (χ1n) is 7.26. The highest BCUT2D eigenvalue weighted by atomic mass is 35.5. The van der Waals surface area contributed by atoms with Crippen LogP contribution in [-0.2, 0) is 0 Å². The summed E-state index contributed by atoms with van der Waals surface area (Å²) in [5, 5.41) is 3.63. The summed E-state index contributed by atoms with van der Waals surface area (Å²) in [7, 11) is 0. The van der Waals surface area contributed by atoms with Gasteiger partial charge in [0.15, 0.2) is 0 Å².